The van der Waals surface area contributed by atoms with E-state index in [0.717, 1.165) is 12.0 Å². The fourth-order valence-electron chi connectivity index (χ4n) is 1.63. The first-order chi connectivity index (χ1) is 9.63. The molecule has 5 heteroatoms. The quantitative estimate of drug-likeness (QED) is 0.527. The average molecular weight is 276 g/mol. The first kappa shape index (κ1) is 15.8. The number of nitrogens with one attached hydrogen (secondary N) is 2. The lowest BCUT2D eigenvalue weighted by Crippen LogP contribution is -2.36. The predicted octanol–water partition coefficient (Wildman–Crippen LogP) is 2.19. The minimum Gasteiger partial charge on any atom is -0.478 e. The van der Waals surface area contributed by atoms with Crippen molar-refractivity contribution in [3.8, 4) is 0 Å². The minimum absolute atomic E-state index is 0.184. The SMILES string of the molecule is C/C=C/CCNC(=O)NCCc1ccc(C(=O)O)cc1. The van der Waals surface area contributed by atoms with E-state index in [1.165, 1.54) is 0 Å². The summed E-state index contributed by atoms with van der Waals surface area (Å²) in [5.41, 5.74) is 1.26. The third-order valence-corrected chi connectivity index (χ3v) is 2.73. The van der Waals surface area contributed by atoms with Crippen LogP contribution in [0.2, 0.25) is 0 Å². The number of amides is 2. The molecule has 0 spiro atoms. The molecule has 0 radical (unpaired) electrons. The normalized spacial score (nSPS) is 10.4. The highest BCUT2D eigenvalue weighted by Gasteiger charge is 2.02. The van der Waals surface area contributed by atoms with E-state index >= 15 is 0 Å². The Hall–Kier alpha value is -2.30. The van der Waals surface area contributed by atoms with Gasteiger partial charge in [-0.2, -0.15) is 0 Å². The summed E-state index contributed by atoms with van der Waals surface area (Å²) in [5.74, 6) is -0.935. The van der Waals surface area contributed by atoms with Gasteiger partial charge in [-0.3, -0.25) is 0 Å². The van der Waals surface area contributed by atoms with Gasteiger partial charge in [-0.15, -0.1) is 0 Å². The molecule has 1 aromatic rings. The van der Waals surface area contributed by atoms with E-state index in [1.807, 2.05) is 19.1 Å². The highest BCUT2D eigenvalue weighted by atomic mass is 16.4. The van der Waals surface area contributed by atoms with Crippen LogP contribution in [0.3, 0.4) is 0 Å². The molecule has 2 amide bonds. The molecule has 20 heavy (non-hydrogen) atoms. The topological polar surface area (TPSA) is 78.4 Å². The molecule has 0 aliphatic heterocycles. The molecule has 1 aromatic carbocycles. The maximum atomic E-state index is 11.4. The first-order valence-electron chi connectivity index (χ1n) is 6.58. The summed E-state index contributed by atoms with van der Waals surface area (Å²) in [5, 5.41) is 14.3. The second kappa shape index (κ2) is 8.74. The van der Waals surface area contributed by atoms with Gasteiger partial charge in [0.1, 0.15) is 0 Å². The molecule has 5 nitrogen and oxygen atoms in total. The van der Waals surface area contributed by atoms with Gasteiger partial charge >= 0.3 is 12.0 Å². The number of hydrogen-bond donors (Lipinski definition) is 3. The van der Waals surface area contributed by atoms with Crippen LogP contribution in [0, 0.1) is 0 Å². The Morgan fingerprint density at radius 3 is 2.40 bits per heavy atom. The summed E-state index contributed by atoms with van der Waals surface area (Å²) in [4.78, 5) is 22.1. The molecule has 3 N–H and O–H groups in total. The number of carboxylic acids is 1. The van der Waals surface area contributed by atoms with Crippen LogP contribution < -0.4 is 10.6 Å². The van der Waals surface area contributed by atoms with Gasteiger partial charge in [0.05, 0.1) is 5.56 Å². The highest BCUT2D eigenvalue weighted by molar-refractivity contribution is 5.87. The van der Waals surface area contributed by atoms with Gasteiger partial charge in [0, 0.05) is 13.1 Å². The van der Waals surface area contributed by atoms with Crippen molar-refractivity contribution in [2.75, 3.05) is 13.1 Å². The van der Waals surface area contributed by atoms with E-state index in [-0.39, 0.29) is 11.6 Å². The summed E-state index contributed by atoms with van der Waals surface area (Å²) in [6.45, 7) is 3.07. The van der Waals surface area contributed by atoms with E-state index < -0.39 is 5.97 Å². The van der Waals surface area contributed by atoms with E-state index in [2.05, 4.69) is 10.6 Å². The lowest BCUT2D eigenvalue weighted by Gasteiger charge is -2.07. The minimum atomic E-state index is -0.935. The number of hydrogen-bond acceptors (Lipinski definition) is 2. The van der Waals surface area contributed by atoms with Gasteiger partial charge in [-0.25, -0.2) is 9.59 Å². The van der Waals surface area contributed by atoms with Crippen molar-refractivity contribution in [2.45, 2.75) is 19.8 Å². The van der Waals surface area contributed by atoms with Crippen molar-refractivity contribution < 1.29 is 14.7 Å². The lowest BCUT2D eigenvalue weighted by molar-refractivity contribution is 0.0697. The van der Waals surface area contributed by atoms with Crippen molar-refractivity contribution >= 4 is 12.0 Å². The van der Waals surface area contributed by atoms with Crippen molar-refractivity contribution in [1.82, 2.24) is 10.6 Å². The standard InChI is InChI=1S/C15H20N2O3/c1-2-3-4-10-16-15(20)17-11-9-12-5-7-13(8-6-12)14(18)19/h2-3,5-8H,4,9-11H2,1H3,(H,18,19)(H2,16,17,20)/b3-2+. The van der Waals surface area contributed by atoms with Crippen LogP contribution in [0.15, 0.2) is 36.4 Å². The smallest absolute Gasteiger partial charge is 0.335 e. The Bertz CT molecular complexity index is 467. The molecule has 108 valence electrons. The van der Waals surface area contributed by atoms with Gasteiger partial charge in [0.2, 0.25) is 0 Å². The fourth-order valence-corrected chi connectivity index (χ4v) is 1.63. The Kier molecular flexibility index (Phi) is 6.89. The number of carbonyl (C=O) groups is 2. The fraction of sp³-hybridized carbons (Fsp3) is 0.333. The number of benzene rings is 1. The summed E-state index contributed by atoms with van der Waals surface area (Å²) < 4.78 is 0. The first-order valence-corrected chi connectivity index (χ1v) is 6.58. The van der Waals surface area contributed by atoms with Crippen LogP contribution in [0.5, 0.6) is 0 Å². The number of urea groups is 1. The summed E-state index contributed by atoms with van der Waals surface area (Å²) in [6.07, 6.45) is 5.42. The zero-order chi connectivity index (χ0) is 14.8. The van der Waals surface area contributed by atoms with Crippen molar-refractivity contribution in [3.05, 3.63) is 47.5 Å². The molecule has 0 aromatic heterocycles. The van der Waals surface area contributed by atoms with Crippen LogP contribution in [0.4, 0.5) is 4.79 Å². The van der Waals surface area contributed by atoms with Crippen molar-refractivity contribution in [1.29, 1.82) is 0 Å². The molecule has 0 saturated carbocycles. The number of carboxylic acid groups (broad SMARTS) is 1. The molecule has 1 rings (SSSR count). The number of aromatic carboxylic acids is 1. The highest BCUT2D eigenvalue weighted by Crippen LogP contribution is 2.04. The van der Waals surface area contributed by atoms with E-state index in [4.69, 9.17) is 5.11 Å². The van der Waals surface area contributed by atoms with Crippen molar-refractivity contribution in [3.63, 3.8) is 0 Å². The zero-order valence-electron chi connectivity index (χ0n) is 11.6. The van der Waals surface area contributed by atoms with Crippen LogP contribution in [0.1, 0.15) is 29.3 Å². The van der Waals surface area contributed by atoms with Gasteiger partial charge < -0.3 is 15.7 Å². The number of rotatable bonds is 7. The van der Waals surface area contributed by atoms with Crippen LogP contribution in [-0.4, -0.2) is 30.2 Å². The molecular weight excluding hydrogens is 256 g/mol. The second-order valence-corrected chi connectivity index (χ2v) is 4.29. The second-order valence-electron chi connectivity index (χ2n) is 4.29. The van der Waals surface area contributed by atoms with Gasteiger partial charge in [0.25, 0.3) is 0 Å². The van der Waals surface area contributed by atoms with Crippen LogP contribution in [-0.2, 0) is 6.42 Å². The molecular formula is C15H20N2O3. The van der Waals surface area contributed by atoms with Gasteiger partial charge in [-0.1, -0.05) is 24.3 Å². The Balaban J connectivity index is 2.23. The molecule has 0 aliphatic rings. The Labute approximate surface area is 118 Å². The molecule has 0 atom stereocenters. The monoisotopic (exact) mass is 276 g/mol. The Morgan fingerprint density at radius 1 is 1.15 bits per heavy atom. The molecule has 0 saturated heterocycles. The molecule has 0 fully saturated rings. The summed E-state index contributed by atoms with van der Waals surface area (Å²) >= 11 is 0. The van der Waals surface area contributed by atoms with Crippen molar-refractivity contribution in [2.24, 2.45) is 0 Å². The van der Waals surface area contributed by atoms with E-state index in [9.17, 15) is 9.59 Å². The van der Waals surface area contributed by atoms with E-state index in [1.54, 1.807) is 24.3 Å². The average Bonchev–Trinajstić information content (AvgIpc) is 2.44. The third-order valence-electron chi connectivity index (χ3n) is 2.73. The van der Waals surface area contributed by atoms with Gasteiger partial charge in [-0.05, 0) is 37.5 Å². The summed E-state index contributed by atoms with van der Waals surface area (Å²) in [6, 6.07) is 6.46. The number of allylic oxidation sites excluding steroid dienone is 1. The zero-order valence-corrected chi connectivity index (χ0v) is 11.6. The molecule has 0 bridgehead atoms. The maximum absolute atomic E-state index is 11.4. The molecule has 0 unspecified atom stereocenters. The summed E-state index contributed by atoms with van der Waals surface area (Å²) in [7, 11) is 0. The number of carbonyl (C=O) groups excluding carboxylic acids is 1. The Morgan fingerprint density at radius 2 is 1.80 bits per heavy atom. The lowest BCUT2D eigenvalue weighted by atomic mass is 10.1. The maximum Gasteiger partial charge on any atom is 0.335 e. The largest absolute Gasteiger partial charge is 0.478 e. The van der Waals surface area contributed by atoms with E-state index in [0.29, 0.717) is 19.5 Å². The molecule has 0 heterocycles. The molecule has 0 aliphatic carbocycles. The van der Waals surface area contributed by atoms with Crippen LogP contribution >= 0.6 is 0 Å². The third kappa shape index (κ3) is 6.04. The van der Waals surface area contributed by atoms with Gasteiger partial charge in [0.15, 0.2) is 0 Å². The van der Waals surface area contributed by atoms with Crippen LogP contribution in [0.25, 0.3) is 0 Å². The predicted molar refractivity (Wildman–Crippen MR) is 77.9 cm³/mol.